The van der Waals surface area contributed by atoms with Crippen molar-refractivity contribution < 1.29 is 18.0 Å². The third kappa shape index (κ3) is 5.40. The lowest BCUT2D eigenvalue weighted by atomic mass is 10.1. The average molecular weight is 395 g/mol. The second kappa shape index (κ2) is 8.22. The van der Waals surface area contributed by atoms with Crippen molar-refractivity contribution in [2.75, 3.05) is 26.2 Å². The van der Waals surface area contributed by atoms with Crippen LogP contribution in [0, 0.1) is 6.92 Å². The number of aromatic nitrogens is 1. The van der Waals surface area contributed by atoms with Crippen LogP contribution < -0.4 is 0 Å². The minimum atomic E-state index is -4.39. The number of amides is 1. The predicted octanol–water partition coefficient (Wildman–Crippen LogP) is 3.83. The fourth-order valence-electron chi connectivity index (χ4n) is 2.93. The molecule has 0 N–H and O–H groups in total. The molecule has 0 aliphatic carbocycles. The Kier molecular flexibility index (Phi) is 5.96. The molecule has 8 heteroatoms. The molecule has 4 nitrogen and oxygen atoms in total. The van der Waals surface area contributed by atoms with Gasteiger partial charge in [-0.05, 0) is 30.7 Å². The Labute approximate surface area is 159 Å². The molecule has 0 spiro atoms. The molecule has 1 aliphatic rings. The number of aryl methyl sites for hydroxylation is 1. The largest absolute Gasteiger partial charge is 0.416 e. The minimum absolute atomic E-state index is 0.184. The van der Waals surface area contributed by atoms with Crippen LogP contribution in [0.4, 0.5) is 13.2 Å². The van der Waals surface area contributed by atoms with Gasteiger partial charge in [-0.15, -0.1) is 11.3 Å². The molecule has 2 heterocycles. The Hall–Kier alpha value is -2.19. The van der Waals surface area contributed by atoms with Crippen LogP contribution in [-0.2, 0) is 17.5 Å². The predicted molar refractivity (Wildman–Crippen MR) is 99.2 cm³/mol. The Bertz CT molecular complexity index is 824. The van der Waals surface area contributed by atoms with E-state index < -0.39 is 11.7 Å². The molecule has 0 radical (unpaired) electrons. The second-order valence-electron chi connectivity index (χ2n) is 6.42. The van der Waals surface area contributed by atoms with E-state index in [1.54, 1.807) is 22.3 Å². The molecule has 27 heavy (non-hydrogen) atoms. The van der Waals surface area contributed by atoms with Crippen molar-refractivity contribution >= 4 is 23.3 Å². The lowest BCUT2D eigenvalue weighted by Gasteiger charge is -2.33. The topological polar surface area (TPSA) is 36.4 Å². The molecule has 2 aromatic rings. The lowest BCUT2D eigenvalue weighted by molar-refractivity contribution is -0.137. The van der Waals surface area contributed by atoms with Gasteiger partial charge in [0.1, 0.15) is 0 Å². The van der Waals surface area contributed by atoms with Crippen molar-refractivity contribution in [2.24, 2.45) is 0 Å². The molecule has 0 bridgehead atoms. The molecule has 1 aliphatic heterocycles. The van der Waals surface area contributed by atoms with Crippen LogP contribution in [0.3, 0.4) is 0 Å². The summed E-state index contributed by atoms with van der Waals surface area (Å²) in [4.78, 5) is 20.7. The van der Waals surface area contributed by atoms with Gasteiger partial charge < -0.3 is 4.90 Å². The SMILES string of the molecule is Cc1nc(CN2CCN(C(=O)/C=C/c3cccc(C(F)(F)F)c3)CC2)cs1. The van der Waals surface area contributed by atoms with E-state index in [0.717, 1.165) is 42.5 Å². The van der Waals surface area contributed by atoms with E-state index in [2.05, 4.69) is 9.88 Å². The highest BCUT2D eigenvalue weighted by Gasteiger charge is 2.30. The van der Waals surface area contributed by atoms with Gasteiger partial charge in [0.15, 0.2) is 0 Å². The number of hydrogen-bond acceptors (Lipinski definition) is 4. The molecule has 0 unspecified atom stereocenters. The maximum Gasteiger partial charge on any atom is 0.416 e. The fraction of sp³-hybridized carbons (Fsp3) is 0.368. The number of benzene rings is 1. The fourth-order valence-corrected chi connectivity index (χ4v) is 3.53. The summed E-state index contributed by atoms with van der Waals surface area (Å²) < 4.78 is 38.2. The Morgan fingerprint density at radius 2 is 2.00 bits per heavy atom. The van der Waals surface area contributed by atoms with Crippen LogP contribution in [-0.4, -0.2) is 46.9 Å². The third-order valence-corrected chi connectivity index (χ3v) is 5.19. The first-order valence-corrected chi connectivity index (χ1v) is 9.47. The first-order chi connectivity index (χ1) is 12.8. The van der Waals surface area contributed by atoms with Gasteiger partial charge in [0.2, 0.25) is 5.91 Å². The normalized spacial score (nSPS) is 16.2. The first kappa shape index (κ1) is 19.6. The second-order valence-corrected chi connectivity index (χ2v) is 7.48. The van der Waals surface area contributed by atoms with E-state index in [9.17, 15) is 18.0 Å². The van der Waals surface area contributed by atoms with Crippen molar-refractivity contribution in [1.82, 2.24) is 14.8 Å². The molecule has 1 amide bonds. The molecular formula is C19H20F3N3OS. The van der Waals surface area contributed by atoms with Gasteiger partial charge in [-0.3, -0.25) is 9.69 Å². The number of carbonyl (C=O) groups excluding carboxylic acids is 1. The van der Waals surface area contributed by atoms with Crippen molar-refractivity contribution in [2.45, 2.75) is 19.6 Å². The van der Waals surface area contributed by atoms with Gasteiger partial charge in [-0.2, -0.15) is 13.2 Å². The van der Waals surface area contributed by atoms with Crippen LogP contribution in [0.2, 0.25) is 0 Å². The summed E-state index contributed by atoms with van der Waals surface area (Å²) in [6.07, 6.45) is -1.61. The zero-order valence-electron chi connectivity index (χ0n) is 14.9. The average Bonchev–Trinajstić information content (AvgIpc) is 3.04. The van der Waals surface area contributed by atoms with E-state index in [4.69, 9.17) is 0 Å². The number of rotatable bonds is 4. The zero-order valence-corrected chi connectivity index (χ0v) is 15.7. The standard InChI is InChI=1S/C19H20F3N3OS/c1-14-23-17(13-27-14)12-24-7-9-25(10-8-24)18(26)6-5-15-3-2-4-16(11-15)19(20,21)22/h2-6,11,13H,7-10,12H2,1H3/b6-5+. The summed E-state index contributed by atoms with van der Waals surface area (Å²) in [6, 6.07) is 4.94. The highest BCUT2D eigenvalue weighted by Crippen LogP contribution is 2.29. The van der Waals surface area contributed by atoms with Gasteiger partial charge >= 0.3 is 6.18 Å². The molecule has 0 saturated carbocycles. The zero-order chi connectivity index (χ0) is 19.4. The van der Waals surface area contributed by atoms with Crippen LogP contribution in [0.25, 0.3) is 6.08 Å². The van der Waals surface area contributed by atoms with Crippen molar-refractivity contribution in [3.8, 4) is 0 Å². The number of halogens is 3. The minimum Gasteiger partial charge on any atom is -0.337 e. The smallest absolute Gasteiger partial charge is 0.337 e. The van der Waals surface area contributed by atoms with Crippen LogP contribution in [0.1, 0.15) is 21.8 Å². The Morgan fingerprint density at radius 3 is 2.63 bits per heavy atom. The summed E-state index contributed by atoms with van der Waals surface area (Å²) in [5.74, 6) is -0.184. The van der Waals surface area contributed by atoms with Crippen LogP contribution >= 0.6 is 11.3 Å². The first-order valence-electron chi connectivity index (χ1n) is 8.59. The molecule has 144 valence electrons. The number of piperazine rings is 1. The van der Waals surface area contributed by atoms with Crippen LogP contribution in [0.15, 0.2) is 35.7 Å². The maximum absolute atomic E-state index is 12.7. The van der Waals surface area contributed by atoms with Gasteiger partial charge in [0.25, 0.3) is 0 Å². The summed E-state index contributed by atoms with van der Waals surface area (Å²) in [7, 11) is 0. The van der Waals surface area contributed by atoms with E-state index in [-0.39, 0.29) is 5.91 Å². The van der Waals surface area contributed by atoms with Crippen molar-refractivity contribution in [1.29, 1.82) is 0 Å². The van der Waals surface area contributed by atoms with E-state index >= 15 is 0 Å². The highest BCUT2D eigenvalue weighted by molar-refractivity contribution is 7.09. The number of nitrogens with zero attached hydrogens (tertiary/aromatic N) is 3. The highest BCUT2D eigenvalue weighted by atomic mass is 32.1. The maximum atomic E-state index is 12.7. The molecular weight excluding hydrogens is 375 g/mol. The Balaban J connectivity index is 1.53. The van der Waals surface area contributed by atoms with Crippen molar-refractivity contribution in [3.05, 3.63) is 57.6 Å². The van der Waals surface area contributed by atoms with Gasteiger partial charge in [0, 0.05) is 44.2 Å². The summed E-state index contributed by atoms with van der Waals surface area (Å²) in [5.41, 5.74) is 0.681. The van der Waals surface area contributed by atoms with Crippen molar-refractivity contribution in [3.63, 3.8) is 0 Å². The van der Waals surface area contributed by atoms with E-state index in [1.165, 1.54) is 18.2 Å². The molecule has 1 aromatic carbocycles. The van der Waals surface area contributed by atoms with Crippen LogP contribution in [0.5, 0.6) is 0 Å². The summed E-state index contributed by atoms with van der Waals surface area (Å²) >= 11 is 1.62. The number of carbonyl (C=O) groups is 1. The number of hydrogen-bond donors (Lipinski definition) is 0. The van der Waals surface area contributed by atoms with E-state index in [1.807, 2.05) is 12.3 Å². The Morgan fingerprint density at radius 1 is 1.26 bits per heavy atom. The molecule has 0 atom stereocenters. The van der Waals surface area contributed by atoms with Gasteiger partial charge in [0.05, 0.1) is 16.3 Å². The lowest BCUT2D eigenvalue weighted by Crippen LogP contribution is -2.47. The molecule has 1 saturated heterocycles. The third-order valence-electron chi connectivity index (χ3n) is 4.37. The monoisotopic (exact) mass is 395 g/mol. The molecule has 3 rings (SSSR count). The van der Waals surface area contributed by atoms with E-state index in [0.29, 0.717) is 18.7 Å². The summed E-state index contributed by atoms with van der Waals surface area (Å²) in [5, 5.41) is 3.09. The quantitative estimate of drug-likeness (QED) is 0.739. The molecule has 1 fully saturated rings. The van der Waals surface area contributed by atoms with Gasteiger partial charge in [-0.25, -0.2) is 4.98 Å². The molecule has 1 aromatic heterocycles. The number of thiazole rings is 1. The van der Waals surface area contributed by atoms with Gasteiger partial charge in [-0.1, -0.05) is 12.1 Å². The number of alkyl halides is 3. The summed E-state index contributed by atoms with van der Waals surface area (Å²) in [6.45, 7) is 5.43.